The third-order valence-electron chi connectivity index (χ3n) is 2.73. The molecule has 1 atom stereocenters. The Morgan fingerprint density at radius 3 is 2.78 bits per heavy atom. The van der Waals surface area contributed by atoms with E-state index in [4.69, 9.17) is 21.3 Å². The maximum atomic E-state index is 8.66. The highest BCUT2D eigenvalue weighted by Gasteiger charge is 2.09. The van der Waals surface area contributed by atoms with Crippen molar-refractivity contribution in [1.29, 1.82) is 5.26 Å². The van der Waals surface area contributed by atoms with Gasteiger partial charge in [-0.3, -0.25) is 0 Å². The van der Waals surface area contributed by atoms with Crippen LogP contribution in [0.15, 0.2) is 40.8 Å². The number of hydrogen-bond donors (Lipinski definition) is 1. The van der Waals surface area contributed by atoms with Crippen LogP contribution in [0, 0.1) is 11.3 Å². The van der Waals surface area contributed by atoms with Crippen molar-refractivity contribution in [2.75, 3.05) is 0 Å². The average molecular weight is 261 g/mol. The van der Waals surface area contributed by atoms with Crippen LogP contribution in [0.5, 0.6) is 0 Å². The second-order valence-electron chi connectivity index (χ2n) is 4.00. The number of nitrogens with zero attached hydrogens (tertiary/aromatic N) is 1. The Balaban J connectivity index is 1.98. The van der Waals surface area contributed by atoms with Crippen LogP contribution in [0.1, 0.15) is 30.0 Å². The van der Waals surface area contributed by atoms with E-state index in [0.717, 1.165) is 16.3 Å². The van der Waals surface area contributed by atoms with E-state index in [1.54, 1.807) is 12.1 Å². The number of rotatable bonds is 4. The van der Waals surface area contributed by atoms with E-state index < -0.39 is 0 Å². The lowest BCUT2D eigenvalue weighted by Gasteiger charge is -2.14. The molecule has 0 aliphatic carbocycles. The van der Waals surface area contributed by atoms with E-state index >= 15 is 0 Å². The van der Waals surface area contributed by atoms with Gasteiger partial charge in [-0.15, -0.1) is 0 Å². The van der Waals surface area contributed by atoms with E-state index in [2.05, 4.69) is 5.32 Å². The molecule has 0 bridgehead atoms. The Morgan fingerprint density at radius 2 is 2.11 bits per heavy atom. The Hall–Kier alpha value is -1.76. The number of furan rings is 1. The molecule has 1 heterocycles. The van der Waals surface area contributed by atoms with Crippen LogP contribution < -0.4 is 5.32 Å². The van der Waals surface area contributed by atoms with Crippen molar-refractivity contribution in [3.63, 3.8) is 0 Å². The smallest absolute Gasteiger partial charge is 0.203 e. The summed E-state index contributed by atoms with van der Waals surface area (Å²) >= 11 is 6.12. The second-order valence-corrected chi connectivity index (χ2v) is 4.41. The number of benzene rings is 1. The van der Waals surface area contributed by atoms with Crippen molar-refractivity contribution in [2.45, 2.75) is 19.5 Å². The standard InChI is InChI=1S/C14H13ClN2O/c1-10(13-4-2-3-5-14(13)15)17-9-12-7-6-11(8-16)18-12/h2-7,10,17H,9H2,1H3/t10-/m1/s1. The number of hydrogen-bond acceptors (Lipinski definition) is 3. The molecular formula is C14H13ClN2O. The minimum absolute atomic E-state index is 0.120. The summed E-state index contributed by atoms with van der Waals surface area (Å²) in [6.45, 7) is 2.60. The summed E-state index contributed by atoms with van der Waals surface area (Å²) in [6.07, 6.45) is 0. The van der Waals surface area contributed by atoms with Gasteiger partial charge in [-0.05, 0) is 30.7 Å². The van der Waals surface area contributed by atoms with E-state index in [1.165, 1.54) is 0 Å². The minimum atomic E-state index is 0.120. The van der Waals surface area contributed by atoms with E-state index in [-0.39, 0.29) is 6.04 Å². The second kappa shape index (κ2) is 5.72. The molecule has 0 radical (unpaired) electrons. The molecule has 18 heavy (non-hydrogen) atoms. The van der Waals surface area contributed by atoms with E-state index in [0.29, 0.717) is 12.3 Å². The lowest BCUT2D eigenvalue weighted by molar-refractivity contribution is 0.453. The first-order valence-corrected chi connectivity index (χ1v) is 6.05. The van der Waals surface area contributed by atoms with Gasteiger partial charge in [0.25, 0.3) is 0 Å². The largest absolute Gasteiger partial charge is 0.449 e. The van der Waals surface area contributed by atoms with Gasteiger partial charge in [0.15, 0.2) is 0 Å². The molecule has 1 aromatic carbocycles. The maximum absolute atomic E-state index is 8.66. The highest BCUT2D eigenvalue weighted by molar-refractivity contribution is 6.31. The zero-order chi connectivity index (χ0) is 13.0. The highest BCUT2D eigenvalue weighted by atomic mass is 35.5. The lowest BCUT2D eigenvalue weighted by atomic mass is 10.1. The van der Waals surface area contributed by atoms with Gasteiger partial charge in [-0.2, -0.15) is 5.26 Å². The molecule has 0 aliphatic heterocycles. The van der Waals surface area contributed by atoms with Crippen molar-refractivity contribution in [3.05, 3.63) is 58.5 Å². The lowest BCUT2D eigenvalue weighted by Crippen LogP contribution is -2.18. The first-order valence-electron chi connectivity index (χ1n) is 5.67. The third-order valence-corrected chi connectivity index (χ3v) is 3.07. The molecule has 1 aromatic heterocycles. The normalized spacial score (nSPS) is 12.1. The maximum Gasteiger partial charge on any atom is 0.203 e. The molecule has 0 unspecified atom stereocenters. The van der Waals surface area contributed by atoms with Crippen LogP contribution in [0.25, 0.3) is 0 Å². The molecular weight excluding hydrogens is 248 g/mol. The van der Waals surface area contributed by atoms with Crippen molar-refractivity contribution in [3.8, 4) is 6.07 Å². The zero-order valence-corrected chi connectivity index (χ0v) is 10.7. The summed E-state index contributed by atoms with van der Waals surface area (Å²) in [7, 11) is 0. The number of nitrogens with one attached hydrogen (secondary N) is 1. The van der Waals surface area contributed by atoms with Crippen LogP contribution in [0.4, 0.5) is 0 Å². The Morgan fingerprint density at radius 1 is 1.33 bits per heavy atom. The topological polar surface area (TPSA) is 49.0 Å². The molecule has 0 saturated carbocycles. The molecule has 4 heteroatoms. The predicted molar refractivity (Wildman–Crippen MR) is 70.1 cm³/mol. The third kappa shape index (κ3) is 2.92. The summed E-state index contributed by atoms with van der Waals surface area (Å²) in [4.78, 5) is 0. The fourth-order valence-corrected chi connectivity index (χ4v) is 2.02. The van der Waals surface area contributed by atoms with Gasteiger partial charge in [-0.1, -0.05) is 29.8 Å². The van der Waals surface area contributed by atoms with Crippen molar-refractivity contribution >= 4 is 11.6 Å². The SMILES string of the molecule is C[C@@H](NCc1ccc(C#N)o1)c1ccccc1Cl. The molecule has 92 valence electrons. The van der Waals surface area contributed by atoms with E-state index in [1.807, 2.05) is 37.3 Å². The molecule has 0 amide bonds. The zero-order valence-electron chi connectivity index (χ0n) is 9.98. The van der Waals surface area contributed by atoms with E-state index in [9.17, 15) is 0 Å². The van der Waals surface area contributed by atoms with Gasteiger partial charge in [0.1, 0.15) is 11.8 Å². The molecule has 0 saturated heterocycles. The Labute approximate surface area is 111 Å². The summed E-state index contributed by atoms with van der Waals surface area (Å²) in [6, 6.07) is 13.3. The molecule has 1 N–H and O–H groups in total. The average Bonchev–Trinajstić information content (AvgIpc) is 2.84. The van der Waals surface area contributed by atoms with Gasteiger partial charge in [0.2, 0.25) is 5.76 Å². The fraction of sp³-hybridized carbons (Fsp3) is 0.214. The van der Waals surface area contributed by atoms with Crippen LogP contribution in [0.3, 0.4) is 0 Å². The van der Waals surface area contributed by atoms with Crippen LogP contribution >= 0.6 is 11.6 Å². The first kappa shape index (κ1) is 12.7. The summed E-state index contributed by atoms with van der Waals surface area (Å²) < 4.78 is 5.29. The van der Waals surface area contributed by atoms with Crippen LogP contribution in [0.2, 0.25) is 5.02 Å². The molecule has 3 nitrogen and oxygen atoms in total. The van der Waals surface area contributed by atoms with Gasteiger partial charge in [-0.25, -0.2) is 0 Å². The van der Waals surface area contributed by atoms with Crippen LogP contribution in [-0.4, -0.2) is 0 Å². The number of halogens is 1. The highest BCUT2D eigenvalue weighted by Crippen LogP contribution is 2.22. The fourth-order valence-electron chi connectivity index (χ4n) is 1.72. The Bertz CT molecular complexity index is 571. The monoisotopic (exact) mass is 260 g/mol. The summed E-state index contributed by atoms with van der Waals surface area (Å²) in [5, 5.41) is 12.7. The molecule has 0 spiro atoms. The summed E-state index contributed by atoms with van der Waals surface area (Å²) in [5.41, 5.74) is 1.05. The molecule has 2 aromatic rings. The van der Waals surface area contributed by atoms with Crippen molar-refractivity contribution in [2.24, 2.45) is 0 Å². The molecule has 0 aliphatic rings. The molecule has 2 rings (SSSR count). The summed E-state index contributed by atoms with van der Waals surface area (Å²) in [5.74, 6) is 1.07. The Kier molecular flexibility index (Phi) is 4.03. The van der Waals surface area contributed by atoms with Gasteiger partial charge in [0.05, 0.1) is 6.54 Å². The predicted octanol–water partition coefficient (Wildman–Crippen LogP) is 3.66. The quantitative estimate of drug-likeness (QED) is 0.913. The van der Waals surface area contributed by atoms with Crippen molar-refractivity contribution < 1.29 is 4.42 Å². The van der Waals surface area contributed by atoms with Crippen molar-refractivity contribution in [1.82, 2.24) is 5.32 Å². The van der Waals surface area contributed by atoms with Gasteiger partial charge < -0.3 is 9.73 Å². The number of nitriles is 1. The first-order chi connectivity index (χ1) is 8.70. The van der Waals surface area contributed by atoms with Gasteiger partial charge >= 0.3 is 0 Å². The minimum Gasteiger partial charge on any atom is -0.449 e. The van der Waals surface area contributed by atoms with Gasteiger partial charge in [0, 0.05) is 11.1 Å². The van der Waals surface area contributed by atoms with Crippen LogP contribution in [-0.2, 0) is 6.54 Å². The molecule has 0 fully saturated rings.